The molecular formula is C13H20N2O2S. The van der Waals surface area contributed by atoms with Crippen LogP contribution in [0.4, 0.5) is 5.00 Å². The lowest BCUT2D eigenvalue weighted by atomic mass is 10.0. The molecule has 0 aliphatic carbocycles. The van der Waals surface area contributed by atoms with Gasteiger partial charge in [-0.15, -0.1) is 11.3 Å². The number of rotatable bonds is 3. The largest absolute Gasteiger partial charge is 0.462 e. The molecule has 0 saturated carbocycles. The zero-order valence-corrected chi connectivity index (χ0v) is 12.0. The van der Waals surface area contributed by atoms with Gasteiger partial charge in [-0.05, 0) is 32.9 Å². The van der Waals surface area contributed by atoms with Gasteiger partial charge in [-0.3, -0.25) is 0 Å². The van der Waals surface area contributed by atoms with E-state index in [-0.39, 0.29) is 11.5 Å². The molecule has 0 radical (unpaired) electrons. The number of ether oxygens (including phenoxy) is 1. The van der Waals surface area contributed by atoms with E-state index in [4.69, 9.17) is 4.74 Å². The molecule has 1 aromatic heterocycles. The summed E-state index contributed by atoms with van der Waals surface area (Å²) in [7, 11) is 0. The Morgan fingerprint density at radius 3 is 3.00 bits per heavy atom. The van der Waals surface area contributed by atoms with Crippen molar-refractivity contribution in [3.8, 4) is 0 Å². The van der Waals surface area contributed by atoms with Crippen molar-refractivity contribution in [2.75, 3.05) is 31.1 Å². The maximum Gasteiger partial charge on any atom is 0.348 e. The highest BCUT2D eigenvalue weighted by molar-refractivity contribution is 7.17. The normalized spacial score (nSPS) is 18.7. The van der Waals surface area contributed by atoms with Crippen LogP contribution < -0.4 is 10.2 Å². The molecule has 5 heteroatoms. The van der Waals surface area contributed by atoms with Crippen LogP contribution >= 0.6 is 11.3 Å². The summed E-state index contributed by atoms with van der Waals surface area (Å²) in [5.74, 6) is -0.219. The molecule has 0 amide bonds. The minimum Gasteiger partial charge on any atom is -0.462 e. The van der Waals surface area contributed by atoms with Crippen molar-refractivity contribution >= 4 is 22.3 Å². The van der Waals surface area contributed by atoms with E-state index < -0.39 is 0 Å². The number of piperazine rings is 1. The van der Waals surface area contributed by atoms with Crippen LogP contribution in [0.2, 0.25) is 0 Å². The van der Waals surface area contributed by atoms with Crippen molar-refractivity contribution in [2.45, 2.75) is 26.3 Å². The van der Waals surface area contributed by atoms with E-state index in [0.717, 1.165) is 24.6 Å². The number of carbonyl (C=O) groups excluding carboxylic acids is 1. The Bertz CT molecular complexity index is 428. The average molecular weight is 268 g/mol. The summed E-state index contributed by atoms with van der Waals surface area (Å²) < 4.78 is 5.01. The van der Waals surface area contributed by atoms with Gasteiger partial charge in [0.25, 0.3) is 0 Å². The number of thiophene rings is 1. The van der Waals surface area contributed by atoms with Crippen molar-refractivity contribution in [3.05, 3.63) is 17.0 Å². The van der Waals surface area contributed by atoms with Crippen LogP contribution in [0, 0.1) is 0 Å². The molecule has 100 valence electrons. The zero-order valence-electron chi connectivity index (χ0n) is 11.2. The first-order chi connectivity index (χ1) is 8.52. The lowest BCUT2D eigenvalue weighted by Gasteiger charge is -2.39. The molecule has 0 bridgehead atoms. The third-order valence-corrected chi connectivity index (χ3v) is 4.08. The van der Waals surface area contributed by atoms with Gasteiger partial charge in [-0.25, -0.2) is 4.79 Å². The molecule has 0 spiro atoms. The second-order valence-electron chi connectivity index (χ2n) is 5.09. The monoisotopic (exact) mass is 268 g/mol. The van der Waals surface area contributed by atoms with Crippen molar-refractivity contribution in [1.29, 1.82) is 0 Å². The van der Waals surface area contributed by atoms with E-state index in [9.17, 15) is 4.79 Å². The summed E-state index contributed by atoms with van der Waals surface area (Å²) in [6, 6.07) is 3.87. The van der Waals surface area contributed by atoms with E-state index in [0.29, 0.717) is 11.5 Å². The molecule has 18 heavy (non-hydrogen) atoms. The zero-order chi connectivity index (χ0) is 13.2. The van der Waals surface area contributed by atoms with Gasteiger partial charge in [0, 0.05) is 25.2 Å². The van der Waals surface area contributed by atoms with Crippen LogP contribution in [0.15, 0.2) is 12.1 Å². The Morgan fingerprint density at radius 2 is 2.33 bits per heavy atom. The van der Waals surface area contributed by atoms with E-state index in [2.05, 4.69) is 24.1 Å². The number of hydrogen-bond acceptors (Lipinski definition) is 5. The van der Waals surface area contributed by atoms with E-state index >= 15 is 0 Å². The molecule has 4 nitrogen and oxygen atoms in total. The molecule has 1 aliphatic heterocycles. The van der Waals surface area contributed by atoms with Crippen molar-refractivity contribution in [3.63, 3.8) is 0 Å². The van der Waals surface area contributed by atoms with Crippen LogP contribution in [0.3, 0.4) is 0 Å². The Balaban J connectivity index is 2.08. The maximum absolute atomic E-state index is 11.6. The lowest BCUT2D eigenvalue weighted by molar-refractivity contribution is 0.0532. The number of esters is 1. The van der Waals surface area contributed by atoms with Crippen LogP contribution in [-0.2, 0) is 4.74 Å². The molecule has 2 heterocycles. The summed E-state index contributed by atoms with van der Waals surface area (Å²) in [6.07, 6.45) is 0. The molecule has 1 N–H and O–H groups in total. The first kappa shape index (κ1) is 13.4. The second-order valence-corrected chi connectivity index (χ2v) is 6.15. The van der Waals surface area contributed by atoms with Crippen molar-refractivity contribution < 1.29 is 9.53 Å². The number of hydrogen-bond donors (Lipinski definition) is 1. The molecule has 1 fully saturated rings. The van der Waals surface area contributed by atoms with Gasteiger partial charge < -0.3 is 15.0 Å². The summed E-state index contributed by atoms with van der Waals surface area (Å²) >= 11 is 1.51. The molecule has 1 aliphatic rings. The van der Waals surface area contributed by atoms with Gasteiger partial charge >= 0.3 is 5.97 Å². The van der Waals surface area contributed by atoms with Crippen molar-refractivity contribution in [2.24, 2.45) is 0 Å². The smallest absolute Gasteiger partial charge is 0.348 e. The van der Waals surface area contributed by atoms with Crippen LogP contribution in [0.25, 0.3) is 0 Å². The van der Waals surface area contributed by atoms with E-state index in [1.165, 1.54) is 11.3 Å². The number of carbonyl (C=O) groups is 1. The molecule has 2 rings (SSSR count). The Morgan fingerprint density at radius 1 is 1.56 bits per heavy atom. The van der Waals surface area contributed by atoms with Gasteiger partial charge in [-0.1, -0.05) is 0 Å². The molecular weight excluding hydrogens is 248 g/mol. The predicted octanol–water partition coefficient (Wildman–Crippen LogP) is 2.11. The standard InChI is InChI=1S/C13H20N2O2S/c1-4-17-12(16)10-5-6-11(18-10)15-8-7-14-13(2,3)9-15/h5-6,14H,4,7-9H2,1-3H3. The van der Waals surface area contributed by atoms with E-state index in [1.807, 2.05) is 19.1 Å². The molecule has 0 unspecified atom stereocenters. The van der Waals surface area contributed by atoms with Crippen molar-refractivity contribution in [1.82, 2.24) is 5.32 Å². The fraction of sp³-hybridized carbons (Fsp3) is 0.615. The van der Waals surface area contributed by atoms with Gasteiger partial charge in [0.1, 0.15) is 4.88 Å². The number of nitrogens with one attached hydrogen (secondary N) is 1. The summed E-state index contributed by atoms with van der Waals surface area (Å²) in [6.45, 7) is 9.54. The highest BCUT2D eigenvalue weighted by Gasteiger charge is 2.26. The van der Waals surface area contributed by atoms with Crippen LogP contribution in [0.1, 0.15) is 30.4 Å². The number of nitrogens with zero attached hydrogens (tertiary/aromatic N) is 1. The number of anilines is 1. The minimum atomic E-state index is -0.219. The highest BCUT2D eigenvalue weighted by atomic mass is 32.1. The summed E-state index contributed by atoms with van der Waals surface area (Å²) in [5, 5.41) is 4.63. The third kappa shape index (κ3) is 3.03. The Kier molecular flexibility index (Phi) is 3.92. The first-order valence-electron chi connectivity index (χ1n) is 6.29. The maximum atomic E-state index is 11.6. The van der Waals surface area contributed by atoms with Gasteiger partial charge in [0.05, 0.1) is 11.6 Å². The summed E-state index contributed by atoms with van der Waals surface area (Å²) in [4.78, 5) is 14.6. The lowest BCUT2D eigenvalue weighted by Crippen LogP contribution is -2.57. The fourth-order valence-electron chi connectivity index (χ4n) is 2.14. The first-order valence-corrected chi connectivity index (χ1v) is 7.10. The average Bonchev–Trinajstić information content (AvgIpc) is 2.77. The topological polar surface area (TPSA) is 41.6 Å². The van der Waals surface area contributed by atoms with Gasteiger partial charge in [0.2, 0.25) is 0 Å². The molecule has 1 saturated heterocycles. The quantitative estimate of drug-likeness (QED) is 0.853. The Labute approximate surface area is 112 Å². The minimum absolute atomic E-state index is 0.117. The van der Waals surface area contributed by atoms with Gasteiger partial charge in [0.15, 0.2) is 0 Å². The van der Waals surface area contributed by atoms with E-state index in [1.54, 1.807) is 0 Å². The van der Waals surface area contributed by atoms with Crippen LogP contribution in [0.5, 0.6) is 0 Å². The SMILES string of the molecule is CCOC(=O)c1ccc(N2CCNC(C)(C)C2)s1. The molecule has 0 atom stereocenters. The Hall–Kier alpha value is -1.07. The molecule has 0 aromatic carbocycles. The fourth-order valence-corrected chi connectivity index (χ4v) is 3.06. The van der Waals surface area contributed by atoms with Crippen LogP contribution in [-0.4, -0.2) is 37.7 Å². The predicted molar refractivity (Wildman–Crippen MR) is 74.6 cm³/mol. The molecule has 1 aromatic rings. The van der Waals surface area contributed by atoms with Gasteiger partial charge in [-0.2, -0.15) is 0 Å². The third-order valence-electron chi connectivity index (χ3n) is 2.95. The second kappa shape index (κ2) is 5.28. The highest BCUT2D eigenvalue weighted by Crippen LogP contribution is 2.28. The summed E-state index contributed by atoms with van der Waals surface area (Å²) in [5.41, 5.74) is 0.117.